The van der Waals surface area contributed by atoms with Crippen LogP contribution < -0.4 is 5.32 Å². The molecule has 21 heavy (non-hydrogen) atoms. The lowest BCUT2D eigenvalue weighted by molar-refractivity contribution is -0.150. The molecule has 2 fully saturated rings. The van der Waals surface area contributed by atoms with Crippen LogP contribution in [-0.2, 0) is 14.3 Å². The number of nitrogens with one attached hydrogen (secondary N) is 1. The second-order valence-corrected chi connectivity index (χ2v) is 6.34. The third-order valence-electron chi connectivity index (χ3n) is 4.92. The number of nitrogens with zero attached hydrogens (tertiary/aromatic N) is 1. The van der Waals surface area contributed by atoms with Gasteiger partial charge in [0.15, 0.2) is 0 Å². The van der Waals surface area contributed by atoms with Crippen LogP contribution in [0.2, 0.25) is 0 Å². The summed E-state index contributed by atoms with van der Waals surface area (Å²) in [6.07, 6.45) is 3.38. The second kappa shape index (κ2) is 7.22. The highest BCUT2D eigenvalue weighted by Gasteiger charge is 2.32. The molecule has 4 unspecified atom stereocenters. The zero-order chi connectivity index (χ0) is 15.4. The van der Waals surface area contributed by atoms with Crippen molar-refractivity contribution < 1.29 is 19.4 Å². The molecule has 120 valence electrons. The fraction of sp³-hybridized carbons (Fsp3) is 0.867. The third-order valence-corrected chi connectivity index (χ3v) is 4.92. The minimum atomic E-state index is -0.929. The molecule has 6 nitrogen and oxygen atoms in total. The van der Waals surface area contributed by atoms with E-state index in [2.05, 4.69) is 19.2 Å². The van der Waals surface area contributed by atoms with E-state index in [9.17, 15) is 9.59 Å². The first-order valence-corrected chi connectivity index (χ1v) is 7.83. The van der Waals surface area contributed by atoms with Gasteiger partial charge in [-0.15, -0.1) is 0 Å². The van der Waals surface area contributed by atoms with Gasteiger partial charge in [0, 0.05) is 12.6 Å². The van der Waals surface area contributed by atoms with Crippen LogP contribution in [0.25, 0.3) is 0 Å². The number of hydrogen-bond donors (Lipinski definition) is 2. The van der Waals surface area contributed by atoms with Gasteiger partial charge in [-0.25, -0.2) is 0 Å². The topological polar surface area (TPSA) is 78.9 Å². The molecule has 6 heteroatoms. The number of carbonyl (C=O) groups is 2. The van der Waals surface area contributed by atoms with Crippen LogP contribution in [0.4, 0.5) is 0 Å². The molecular formula is C15H26N2O4. The zero-order valence-corrected chi connectivity index (χ0v) is 12.9. The molecule has 2 N–H and O–H groups in total. The number of carboxylic acids is 1. The monoisotopic (exact) mass is 298 g/mol. The van der Waals surface area contributed by atoms with Crippen LogP contribution in [0.5, 0.6) is 0 Å². The van der Waals surface area contributed by atoms with Crippen molar-refractivity contribution in [2.45, 2.75) is 45.2 Å². The summed E-state index contributed by atoms with van der Waals surface area (Å²) in [5.41, 5.74) is 0. The molecule has 0 spiro atoms. The normalized spacial score (nSPS) is 34.4. The van der Waals surface area contributed by atoms with Crippen LogP contribution in [0.1, 0.15) is 33.1 Å². The minimum Gasteiger partial charge on any atom is -0.480 e. The van der Waals surface area contributed by atoms with Gasteiger partial charge in [0.25, 0.3) is 0 Å². The van der Waals surface area contributed by atoms with E-state index in [-0.39, 0.29) is 25.1 Å². The summed E-state index contributed by atoms with van der Waals surface area (Å²) in [6.45, 7) is 5.67. The highest BCUT2D eigenvalue weighted by molar-refractivity contribution is 5.80. The van der Waals surface area contributed by atoms with Crippen molar-refractivity contribution in [3.8, 4) is 0 Å². The fourth-order valence-corrected chi connectivity index (χ4v) is 3.28. The molecule has 0 bridgehead atoms. The van der Waals surface area contributed by atoms with Gasteiger partial charge in [-0.2, -0.15) is 0 Å². The van der Waals surface area contributed by atoms with Crippen molar-refractivity contribution in [1.29, 1.82) is 0 Å². The Morgan fingerprint density at radius 3 is 2.81 bits per heavy atom. The van der Waals surface area contributed by atoms with E-state index in [0.717, 1.165) is 12.8 Å². The van der Waals surface area contributed by atoms with Crippen LogP contribution >= 0.6 is 0 Å². The van der Waals surface area contributed by atoms with Crippen molar-refractivity contribution in [3.63, 3.8) is 0 Å². The molecule has 1 heterocycles. The summed E-state index contributed by atoms with van der Waals surface area (Å²) >= 11 is 0. The molecule has 0 aromatic carbocycles. The Bertz CT molecular complexity index is 388. The maximum atomic E-state index is 12.2. The molecule has 1 saturated carbocycles. The standard InChI is InChI=1S/C15H26N2O4/c1-10-4-3-5-12(11(10)2)16-14(18)8-17-6-7-21-9-13(17)15(19)20/h10-13H,3-9H2,1-2H3,(H,16,18)(H,19,20). The quantitative estimate of drug-likeness (QED) is 0.799. The van der Waals surface area contributed by atoms with Crippen LogP contribution in [0.15, 0.2) is 0 Å². The lowest BCUT2D eigenvalue weighted by atomic mass is 9.78. The average molecular weight is 298 g/mol. The number of amides is 1. The van der Waals surface area contributed by atoms with Crippen LogP contribution in [0.3, 0.4) is 0 Å². The highest BCUT2D eigenvalue weighted by atomic mass is 16.5. The molecule has 1 aliphatic carbocycles. The Kier molecular flexibility index (Phi) is 5.58. The van der Waals surface area contributed by atoms with Gasteiger partial charge in [0.2, 0.25) is 5.91 Å². The van der Waals surface area contributed by atoms with E-state index in [0.29, 0.717) is 25.0 Å². The molecule has 0 aromatic heterocycles. The van der Waals surface area contributed by atoms with Gasteiger partial charge < -0.3 is 15.2 Å². The number of ether oxygens (including phenoxy) is 1. The number of carbonyl (C=O) groups excluding carboxylic acids is 1. The Balaban J connectivity index is 1.87. The van der Waals surface area contributed by atoms with E-state index < -0.39 is 12.0 Å². The summed E-state index contributed by atoms with van der Waals surface area (Å²) < 4.78 is 5.18. The Morgan fingerprint density at radius 1 is 1.33 bits per heavy atom. The third kappa shape index (κ3) is 4.17. The number of rotatable bonds is 4. The lowest BCUT2D eigenvalue weighted by Gasteiger charge is -2.36. The SMILES string of the molecule is CC1CCCC(NC(=O)CN2CCOCC2C(=O)O)C1C. The van der Waals surface area contributed by atoms with Gasteiger partial charge in [-0.3, -0.25) is 14.5 Å². The predicted molar refractivity (Wildman–Crippen MR) is 77.9 cm³/mol. The van der Waals surface area contributed by atoms with Crippen molar-refractivity contribution in [2.75, 3.05) is 26.3 Å². The Hall–Kier alpha value is -1.14. The molecule has 2 aliphatic rings. The minimum absolute atomic E-state index is 0.0749. The first-order valence-electron chi connectivity index (χ1n) is 7.83. The van der Waals surface area contributed by atoms with Gasteiger partial charge in [-0.1, -0.05) is 26.7 Å². The second-order valence-electron chi connectivity index (χ2n) is 6.34. The molecular weight excluding hydrogens is 272 g/mol. The molecule has 4 atom stereocenters. The largest absolute Gasteiger partial charge is 0.480 e. The summed E-state index contributed by atoms with van der Waals surface area (Å²) in [4.78, 5) is 25.1. The Morgan fingerprint density at radius 2 is 2.10 bits per heavy atom. The van der Waals surface area contributed by atoms with Crippen molar-refractivity contribution in [3.05, 3.63) is 0 Å². The number of carboxylic acid groups (broad SMARTS) is 1. The number of hydrogen-bond acceptors (Lipinski definition) is 4. The van der Waals surface area contributed by atoms with Gasteiger partial charge in [-0.05, 0) is 18.3 Å². The van der Waals surface area contributed by atoms with E-state index in [1.54, 1.807) is 4.90 Å². The number of morpholine rings is 1. The first kappa shape index (κ1) is 16.2. The van der Waals surface area contributed by atoms with Gasteiger partial charge in [0.05, 0.1) is 19.8 Å². The maximum Gasteiger partial charge on any atom is 0.323 e. The molecule has 1 aliphatic heterocycles. The first-order chi connectivity index (χ1) is 9.99. The smallest absolute Gasteiger partial charge is 0.323 e. The molecule has 0 radical (unpaired) electrons. The van der Waals surface area contributed by atoms with E-state index in [4.69, 9.17) is 9.84 Å². The fourth-order valence-electron chi connectivity index (χ4n) is 3.28. The lowest BCUT2D eigenvalue weighted by Crippen LogP contribution is -2.54. The summed E-state index contributed by atoms with van der Waals surface area (Å²) in [5.74, 6) is 0.0955. The maximum absolute atomic E-state index is 12.2. The van der Waals surface area contributed by atoms with Gasteiger partial charge in [0.1, 0.15) is 6.04 Å². The summed E-state index contributed by atoms with van der Waals surface area (Å²) in [7, 11) is 0. The van der Waals surface area contributed by atoms with Crippen molar-refractivity contribution >= 4 is 11.9 Å². The average Bonchev–Trinajstić information content (AvgIpc) is 2.44. The zero-order valence-electron chi connectivity index (χ0n) is 12.9. The molecule has 1 saturated heterocycles. The number of aliphatic carboxylic acids is 1. The Labute approximate surface area is 125 Å². The summed E-state index contributed by atoms with van der Waals surface area (Å²) in [6, 6.07) is -0.502. The molecule has 0 aromatic rings. The van der Waals surface area contributed by atoms with Crippen LogP contribution in [-0.4, -0.2) is 60.3 Å². The highest BCUT2D eigenvalue weighted by Crippen LogP contribution is 2.29. The predicted octanol–water partition coefficient (Wildman–Crippen LogP) is 0.713. The van der Waals surface area contributed by atoms with E-state index >= 15 is 0 Å². The van der Waals surface area contributed by atoms with E-state index in [1.165, 1.54) is 6.42 Å². The van der Waals surface area contributed by atoms with Gasteiger partial charge >= 0.3 is 5.97 Å². The summed E-state index contributed by atoms with van der Waals surface area (Å²) in [5, 5.41) is 12.3. The van der Waals surface area contributed by atoms with E-state index in [1.807, 2.05) is 0 Å². The molecule has 1 amide bonds. The van der Waals surface area contributed by atoms with Crippen LogP contribution in [0, 0.1) is 11.8 Å². The van der Waals surface area contributed by atoms with Crippen molar-refractivity contribution in [1.82, 2.24) is 10.2 Å². The van der Waals surface area contributed by atoms with Crippen molar-refractivity contribution in [2.24, 2.45) is 11.8 Å². The molecule has 2 rings (SSSR count).